The average molecular weight is 669 g/mol. The van der Waals surface area contributed by atoms with Gasteiger partial charge in [-0.3, -0.25) is 13.9 Å². The summed E-state index contributed by atoms with van der Waals surface area (Å²) < 4.78 is 34.5. The molecule has 4 aromatic rings. The van der Waals surface area contributed by atoms with Crippen molar-refractivity contribution in [2.24, 2.45) is 0 Å². The Morgan fingerprint density at radius 2 is 1.53 bits per heavy atom. The molecule has 236 valence electrons. The summed E-state index contributed by atoms with van der Waals surface area (Å²) in [4.78, 5) is 29.4. The number of likely N-dealkylation sites (N-methyl/N-ethyl adjacent to an activating group) is 1. The van der Waals surface area contributed by atoms with Crippen LogP contribution in [-0.2, 0) is 32.6 Å². The summed E-state index contributed by atoms with van der Waals surface area (Å²) in [5, 5.41) is 3.48. The van der Waals surface area contributed by atoms with Crippen LogP contribution in [0.1, 0.15) is 23.6 Å². The molecule has 1 atom stereocenters. The van der Waals surface area contributed by atoms with Crippen LogP contribution in [0.4, 0.5) is 5.69 Å². The number of ether oxygens (including phenoxy) is 1. The molecule has 0 bridgehead atoms. The predicted octanol–water partition coefficient (Wildman–Crippen LogP) is 6.28. The summed E-state index contributed by atoms with van der Waals surface area (Å²) in [7, 11) is -2.70. The Kier molecular flexibility index (Phi) is 11.5. The second-order valence-electron chi connectivity index (χ2n) is 10.4. The number of sulfonamides is 1. The van der Waals surface area contributed by atoms with Gasteiger partial charge in [0.2, 0.25) is 11.8 Å². The number of methoxy groups -OCH3 is 1. The van der Waals surface area contributed by atoms with Crippen molar-refractivity contribution in [3.8, 4) is 5.75 Å². The number of benzene rings is 4. The predicted molar refractivity (Wildman–Crippen MR) is 178 cm³/mol. The first kappa shape index (κ1) is 33.8. The zero-order valence-electron chi connectivity index (χ0n) is 25.2. The lowest BCUT2D eigenvalue weighted by atomic mass is 10.0. The van der Waals surface area contributed by atoms with E-state index in [1.165, 1.54) is 24.1 Å². The van der Waals surface area contributed by atoms with Gasteiger partial charge in [-0.1, -0.05) is 77.3 Å². The van der Waals surface area contributed by atoms with E-state index in [4.69, 9.17) is 27.9 Å². The van der Waals surface area contributed by atoms with Crippen LogP contribution in [0.5, 0.6) is 5.75 Å². The standard InChI is InChI=1S/C34H35Cl2N3O5S/c1-4-37-34(41)32(21-25-8-6-5-7-9-25)38(22-26-12-19-30(35)31(36)20-26)33(40)23-39(27-13-15-28(44-3)16-14-27)45(42,43)29-17-10-24(2)11-18-29/h5-20,32H,4,21-23H2,1-3H3,(H,37,41)/t32-/m0/s1. The Hall–Kier alpha value is -4.05. The van der Waals surface area contributed by atoms with Gasteiger partial charge in [0.15, 0.2) is 0 Å². The number of nitrogens with one attached hydrogen (secondary N) is 1. The summed E-state index contributed by atoms with van der Waals surface area (Å²) in [6.07, 6.45) is 0.201. The minimum absolute atomic E-state index is 0.0224. The summed E-state index contributed by atoms with van der Waals surface area (Å²) in [6.45, 7) is 3.40. The summed E-state index contributed by atoms with van der Waals surface area (Å²) >= 11 is 12.5. The molecule has 0 radical (unpaired) electrons. The largest absolute Gasteiger partial charge is 0.497 e. The van der Waals surface area contributed by atoms with Gasteiger partial charge >= 0.3 is 0 Å². The van der Waals surface area contributed by atoms with Crippen molar-refractivity contribution < 1.29 is 22.7 Å². The number of hydrogen-bond donors (Lipinski definition) is 1. The van der Waals surface area contributed by atoms with Crippen molar-refractivity contribution in [2.75, 3.05) is 24.5 Å². The number of nitrogens with zero attached hydrogens (tertiary/aromatic N) is 2. The molecule has 8 nitrogen and oxygen atoms in total. The molecule has 4 aromatic carbocycles. The molecular formula is C34H35Cl2N3O5S. The Morgan fingerprint density at radius 1 is 0.867 bits per heavy atom. The van der Waals surface area contributed by atoms with Gasteiger partial charge < -0.3 is 15.0 Å². The summed E-state index contributed by atoms with van der Waals surface area (Å²) in [5.41, 5.74) is 2.61. The Bertz CT molecular complexity index is 1720. The van der Waals surface area contributed by atoms with Crippen molar-refractivity contribution in [2.45, 2.75) is 37.8 Å². The normalized spacial score (nSPS) is 11.8. The van der Waals surface area contributed by atoms with Gasteiger partial charge in [-0.2, -0.15) is 0 Å². The van der Waals surface area contributed by atoms with Gasteiger partial charge in [0, 0.05) is 19.5 Å². The molecule has 45 heavy (non-hydrogen) atoms. The molecule has 0 fully saturated rings. The Balaban J connectivity index is 1.81. The fraction of sp³-hybridized carbons (Fsp3) is 0.235. The topological polar surface area (TPSA) is 96.0 Å². The van der Waals surface area contributed by atoms with Crippen LogP contribution in [0.15, 0.2) is 102 Å². The molecule has 0 aliphatic carbocycles. The van der Waals surface area contributed by atoms with Gasteiger partial charge in [0.25, 0.3) is 10.0 Å². The van der Waals surface area contributed by atoms with Crippen LogP contribution in [0.3, 0.4) is 0 Å². The van der Waals surface area contributed by atoms with Crippen LogP contribution < -0.4 is 14.4 Å². The van der Waals surface area contributed by atoms with Crippen molar-refractivity contribution in [1.29, 1.82) is 0 Å². The van der Waals surface area contributed by atoms with Crippen LogP contribution in [-0.4, -0.2) is 51.4 Å². The zero-order chi connectivity index (χ0) is 32.6. The van der Waals surface area contributed by atoms with Gasteiger partial charge in [0.1, 0.15) is 18.3 Å². The molecule has 0 unspecified atom stereocenters. The second-order valence-corrected chi connectivity index (χ2v) is 13.1. The average Bonchev–Trinajstić information content (AvgIpc) is 3.04. The highest BCUT2D eigenvalue weighted by molar-refractivity contribution is 7.92. The number of anilines is 1. The van der Waals surface area contributed by atoms with Crippen LogP contribution in [0.2, 0.25) is 10.0 Å². The van der Waals surface area contributed by atoms with Gasteiger partial charge in [-0.05, 0) is 73.5 Å². The number of amides is 2. The molecule has 0 aliphatic heterocycles. The first-order valence-electron chi connectivity index (χ1n) is 14.3. The Morgan fingerprint density at radius 3 is 2.13 bits per heavy atom. The third-order valence-electron chi connectivity index (χ3n) is 7.21. The third kappa shape index (κ3) is 8.57. The number of carbonyl (C=O) groups is 2. The quantitative estimate of drug-likeness (QED) is 0.181. The first-order valence-corrected chi connectivity index (χ1v) is 16.5. The highest BCUT2D eigenvalue weighted by atomic mass is 35.5. The van der Waals surface area contributed by atoms with E-state index < -0.39 is 28.5 Å². The van der Waals surface area contributed by atoms with Gasteiger partial charge in [-0.25, -0.2) is 8.42 Å². The van der Waals surface area contributed by atoms with Crippen molar-refractivity contribution in [3.05, 3.63) is 124 Å². The van der Waals surface area contributed by atoms with E-state index in [1.807, 2.05) is 37.3 Å². The SMILES string of the molecule is CCNC(=O)[C@H](Cc1ccccc1)N(Cc1ccc(Cl)c(Cl)c1)C(=O)CN(c1ccc(OC)cc1)S(=O)(=O)c1ccc(C)cc1. The fourth-order valence-electron chi connectivity index (χ4n) is 4.80. The lowest BCUT2D eigenvalue weighted by Gasteiger charge is -2.34. The molecule has 4 rings (SSSR count). The lowest BCUT2D eigenvalue weighted by molar-refractivity contribution is -0.140. The number of aryl methyl sites for hydroxylation is 1. The highest BCUT2D eigenvalue weighted by Gasteiger charge is 2.34. The molecule has 0 aromatic heterocycles. The smallest absolute Gasteiger partial charge is 0.264 e. The maximum Gasteiger partial charge on any atom is 0.264 e. The van der Waals surface area contributed by atoms with E-state index in [2.05, 4.69) is 5.32 Å². The maximum atomic E-state index is 14.4. The summed E-state index contributed by atoms with van der Waals surface area (Å²) in [6, 6.07) is 26.1. The minimum atomic E-state index is -4.21. The molecule has 2 amide bonds. The van der Waals surface area contributed by atoms with E-state index in [-0.39, 0.29) is 29.5 Å². The molecule has 0 aliphatic rings. The Labute approximate surface area is 274 Å². The lowest BCUT2D eigenvalue weighted by Crippen LogP contribution is -2.53. The third-order valence-corrected chi connectivity index (χ3v) is 9.73. The van der Waals surface area contributed by atoms with Crippen LogP contribution in [0.25, 0.3) is 0 Å². The van der Waals surface area contributed by atoms with Gasteiger partial charge in [0.05, 0.1) is 27.7 Å². The van der Waals surface area contributed by atoms with Crippen molar-refractivity contribution in [1.82, 2.24) is 10.2 Å². The number of rotatable bonds is 13. The number of carbonyl (C=O) groups excluding carboxylic acids is 2. The number of halogens is 2. The molecule has 11 heteroatoms. The molecular weight excluding hydrogens is 633 g/mol. The molecule has 1 N–H and O–H groups in total. The monoisotopic (exact) mass is 667 g/mol. The molecule has 0 spiro atoms. The van der Waals surface area contributed by atoms with E-state index in [0.717, 1.165) is 15.4 Å². The van der Waals surface area contributed by atoms with E-state index in [1.54, 1.807) is 61.5 Å². The molecule has 0 saturated heterocycles. The number of hydrogen-bond acceptors (Lipinski definition) is 5. The van der Waals surface area contributed by atoms with Crippen molar-refractivity contribution >= 4 is 50.7 Å². The fourth-order valence-corrected chi connectivity index (χ4v) is 6.53. The maximum absolute atomic E-state index is 14.4. The minimum Gasteiger partial charge on any atom is -0.497 e. The van der Waals surface area contributed by atoms with Crippen LogP contribution >= 0.6 is 23.2 Å². The van der Waals surface area contributed by atoms with Crippen LogP contribution in [0, 0.1) is 6.92 Å². The van der Waals surface area contributed by atoms with E-state index in [9.17, 15) is 18.0 Å². The highest BCUT2D eigenvalue weighted by Crippen LogP contribution is 2.28. The van der Waals surface area contributed by atoms with Crippen molar-refractivity contribution in [3.63, 3.8) is 0 Å². The van der Waals surface area contributed by atoms with E-state index >= 15 is 0 Å². The second kappa shape index (κ2) is 15.3. The first-order chi connectivity index (χ1) is 21.5. The molecule has 0 heterocycles. The molecule has 0 saturated carbocycles. The van der Waals surface area contributed by atoms with E-state index in [0.29, 0.717) is 27.9 Å². The zero-order valence-corrected chi connectivity index (χ0v) is 27.6. The van der Waals surface area contributed by atoms with Gasteiger partial charge in [-0.15, -0.1) is 0 Å². The summed E-state index contributed by atoms with van der Waals surface area (Å²) in [5.74, 6) is -0.426.